The fourth-order valence-electron chi connectivity index (χ4n) is 2.06. The van der Waals surface area contributed by atoms with Crippen LogP contribution in [0.5, 0.6) is 0 Å². The molecule has 0 radical (unpaired) electrons. The van der Waals surface area contributed by atoms with Crippen molar-refractivity contribution in [3.8, 4) is 11.4 Å². The van der Waals surface area contributed by atoms with Gasteiger partial charge in [-0.25, -0.2) is 19.3 Å². The lowest BCUT2D eigenvalue weighted by Gasteiger charge is -2.03. The predicted molar refractivity (Wildman–Crippen MR) is 88.8 cm³/mol. The Hall–Kier alpha value is -2.41. The molecule has 0 atom stereocenters. The van der Waals surface area contributed by atoms with E-state index >= 15 is 0 Å². The summed E-state index contributed by atoms with van der Waals surface area (Å²) < 4.78 is 12.7. The van der Waals surface area contributed by atoms with Gasteiger partial charge in [0, 0.05) is 18.1 Å². The van der Waals surface area contributed by atoms with E-state index in [1.54, 1.807) is 17.5 Å². The Labute approximate surface area is 137 Å². The maximum absolute atomic E-state index is 12.7. The van der Waals surface area contributed by atoms with Crippen LogP contribution >= 0.6 is 11.3 Å². The molecule has 0 saturated heterocycles. The third-order valence-electron chi connectivity index (χ3n) is 3.20. The van der Waals surface area contributed by atoms with Crippen LogP contribution in [0.25, 0.3) is 11.4 Å². The first-order valence-electron chi connectivity index (χ1n) is 7.38. The van der Waals surface area contributed by atoms with Crippen LogP contribution in [-0.2, 0) is 6.42 Å². The largest absolute Gasteiger partial charge is 0.354 e. The molecule has 0 aliphatic carbocycles. The van der Waals surface area contributed by atoms with Crippen molar-refractivity contribution in [2.75, 3.05) is 11.9 Å². The zero-order valence-corrected chi connectivity index (χ0v) is 13.3. The number of hydrogen-bond donors (Lipinski definition) is 1. The molecule has 3 heterocycles. The molecule has 3 aromatic rings. The van der Waals surface area contributed by atoms with Gasteiger partial charge in [0.2, 0.25) is 5.95 Å². The SMILES string of the molecule is Fc1cnc(NCCCCc2nc(-c3ccccn3)cs2)nc1. The minimum absolute atomic E-state index is 0.428. The minimum atomic E-state index is -0.428. The zero-order valence-electron chi connectivity index (χ0n) is 12.4. The predicted octanol–water partition coefficient (Wildman–Crippen LogP) is 3.57. The van der Waals surface area contributed by atoms with E-state index in [1.165, 1.54) is 0 Å². The van der Waals surface area contributed by atoms with Crippen LogP contribution in [0.2, 0.25) is 0 Å². The highest BCUT2D eigenvalue weighted by molar-refractivity contribution is 7.09. The first-order chi connectivity index (χ1) is 11.3. The lowest BCUT2D eigenvalue weighted by Crippen LogP contribution is -2.05. The molecule has 1 N–H and O–H groups in total. The highest BCUT2D eigenvalue weighted by Crippen LogP contribution is 2.20. The summed E-state index contributed by atoms with van der Waals surface area (Å²) in [5, 5.41) is 6.23. The van der Waals surface area contributed by atoms with Gasteiger partial charge in [-0.1, -0.05) is 6.07 Å². The standard InChI is InChI=1S/C16H16FN5S/c17-12-9-20-16(21-10-12)19-8-4-2-6-15-22-14(11-23-15)13-5-1-3-7-18-13/h1,3,5,7,9-11H,2,4,6,8H2,(H,19,20,21). The maximum Gasteiger partial charge on any atom is 0.222 e. The lowest BCUT2D eigenvalue weighted by atomic mass is 10.2. The smallest absolute Gasteiger partial charge is 0.222 e. The Morgan fingerprint density at radius 3 is 2.70 bits per heavy atom. The van der Waals surface area contributed by atoms with Gasteiger partial charge in [-0.15, -0.1) is 11.3 Å². The van der Waals surface area contributed by atoms with Gasteiger partial charge < -0.3 is 5.32 Å². The van der Waals surface area contributed by atoms with E-state index < -0.39 is 5.82 Å². The van der Waals surface area contributed by atoms with Crippen molar-refractivity contribution in [1.82, 2.24) is 19.9 Å². The van der Waals surface area contributed by atoms with E-state index in [-0.39, 0.29) is 0 Å². The topological polar surface area (TPSA) is 63.6 Å². The molecule has 0 fully saturated rings. The van der Waals surface area contributed by atoms with Crippen molar-refractivity contribution in [2.24, 2.45) is 0 Å². The van der Waals surface area contributed by atoms with E-state index in [9.17, 15) is 4.39 Å². The molecule has 5 nitrogen and oxygen atoms in total. The van der Waals surface area contributed by atoms with Crippen molar-refractivity contribution in [3.05, 3.63) is 53.0 Å². The molecule has 0 aromatic carbocycles. The summed E-state index contributed by atoms with van der Waals surface area (Å²) in [6, 6.07) is 5.82. The number of aryl methyl sites for hydroxylation is 1. The van der Waals surface area contributed by atoms with Crippen molar-refractivity contribution < 1.29 is 4.39 Å². The fourth-order valence-corrected chi connectivity index (χ4v) is 2.90. The van der Waals surface area contributed by atoms with Gasteiger partial charge in [-0.3, -0.25) is 4.98 Å². The van der Waals surface area contributed by atoms with Gasteiger partial charge in [-0.2, -0.15) is 0 Å². The average molecular weight is 329 g/mol. The molecule has 3 rings (SSSR count). The van der Waals surface area contributed by atoms with Gasteiger partial charge in [0.05, 0.1) is 28.8 Å². The van der Waals surface area contributed by atoms with Crippen LogP contribution in [0.1, 0.15) is 17.8 Å². The Balaban J connectivity index is 1.41. The molecule has 3 aromatic heterocycles. The number of anilines is 1. The fraction of sp³-hybridized carbons (Fsp3) is 0.250. The Morgan fingerprint density at radius 1 is 1.04 bits per heavy atom. The summed E-state index contributed by atoms with van der Waals surface area (Å²) in [6.45, 7) is 0.754. The highest BCUT2D eigenvalue weighted by Gasteiger charge is 2.05. The number of hydrogen-bond acceptors (Lipinski definition) is 6. The molecule has 0 bridgehead atoms. The average Bonchev–Trinajstić information content (AvgIpc) is 3.06. The van der Waals surface area contributed by atoms with E-state index in [1.807, 2.05) is 23.6 Å². The minimum Gasteiger partial charge on any atom is -0.354 e. The van der Waals surface area contributed by atoms with E-state index in [2.05, 4.69) is 25.3 Å². The van der Waals surface area contributed by atoms with E-state index in [4.69, 9.17) is 0 Å². The molecule has 0 saturated carbocycles. The van der Waals surface area contributed by atoms with Gasteiger partial charge in [0.1, 0.15) is 0 Å². The molecule has 0 spiro atoms. The Bertz CT molecular complexity index is 730. The molecule has 0 unspecified atom stereocenters. The van der Waals surface area contributed by atoms with Crippen LogP contribution in [0.3, 0.4) is 0 Å². The van der Waals surface area contributed by atoms with Gasteiger partial charge in [0.15, 0.2) is 5.82 Å². The van der Waals surface area contributed by atoms with Crippen LogP contribution in [0.4, 0.5) is 10.3 Å². The van der Waals surface area contributed by atoms with Crippen LogP contribution in [0.15, 0.2) is 42.2 Å². The second-order valence-electron chi connectivity index (χ2n) is 4.95. The number of unbranched alkanes of at least 4 members (excludes halogenated alkanes) is 1. The molecule has 118 valence electrons. The number of rotatable bonds is 7. The highest BCUT2D eigenvalue weighted by atomic mass is 32.1. The second-order valence-corrected chi connectivity index (χ2v) is 5.89. The summed E-state index contributed by atoms with van der Waals surface area (Å²) in [5.74, 6) is 0.0288. The molecule has 0 aliphatic heterocycles. The number of nitrogens with one attached hydrogen (secondary N) is 1. The maximum atomic E-state index is 12.7. The van der Waals surface area contributed by atoms with Gasteiger partial charge in [-0.05, 0) is 31.4 Å². The number of aromatic nitrogens is 4. The van der Waals surface area contributed by atoms with E-state index in [0.717, 1.165) is 54.6 Å². The lowest BCUT2D eigenvalue weighted by molar-refractivity contribution is 0.613. The summed E-state index contributed by atoms with van der Waals surface area (Å²) >= 11 is 1.66. The van der Waals surface area contributed by atoms with E-state index in [0.29, 0.717) is 5.95 Å². The molecule has 0 amide bonds. The van der Waals surface area contributed by atoms with Crippen LogP contribution < -0.4 is 5.32 Å². The monoisotopic (exact) mass is 329 g/mol. The van der Waals surface area contributed by atoms with Crippen molar-refractivity contribution in [1.29, 1.82) is 0 Å². The second kappa shape index (κ2) is 7.73. The van der Waals surface area contributed by atoms with Crippen molar-refractivity contribution >= 4 is 17.3 Å². The quantitative estimate of drug-likeness (QED) is 0.671. The van der Waals surface area contributed by atoms with Crippen molar-refractivity contribution in [3.63, 3.8) is 0 Å². The van der Waals surface area contributed by atoms with Gasteiger partial charge in [0.25, 0.3) is 0 Å². The first-order valence-corrected chi connectivity index (χ1v) is 8.26. The number of thiazole rings is 1. The summed E-state index contributed by atoms with van der Waals surface area (Å²) in [5.41, 5.74) is 1.84. The van der Waals surface area contributed by atoms with Gasteiger partial charge >= 0.3 is 0 Å². The number of pyridine rings is 1. The number of halogens is 1. The third-order valence-corrected chi connectivity index (χ3v) is 4.11. The van der Waals surface area contributed by atoms with Crippen LogP contribution in [0, 0.1) is 5.82 Å². The first kappa shape index (κ1) is 15.5. The normalized spacial score (nSPS) is 10.7. The molecule has 7 heteroatoms. The summed E-state index contributed by atoms with van der Waals surface area (Å²) in [7, 11) is 0. The summed E-state index contributed by atoms with van der Waals surface area (Å²) in [6.07, 6.45) is 7.01. The summed E-state index contributed by atoms with van der Waals surface area (Å²) in [4.78, 5) is 16.6. The molecule has 23 heavy (non-hydrogen) atoms. The molecule has 0 aliphatic rings. The Kier molecular flexibility index (Phi) is 5.21. The molecular formula is C16H16FN5S. The third kappa shape index (κ3) is 4.53. The number of nitrogens with zero attached hydrogens (tertiary/aromatic N) is 4. The zero-order chi connectivity index (χ0) is 15.9. The van der Waals surface area contributed by atoms with Crippen LogP contribution in [-0.4, -0.2) is 26.5 Å². The molecular weight excluding hydrogens is 313 g/mol. The Morgan fingerprint density at radius 2 is 1.91 bits per heavy atom. The van der Waals surface area contributed by atoms with Crippen molar-refractivity contribution in [2.45, 2.75) is 19.3 Å².